The van der Waals surface area contributed by atoms with Gasteiger partial charge in [0.25, 0.3) is 0 Å². The molecule has 0 saturated carbocycles. The molecule has 0 heterocycles. The van der Waals surface area contributed by atoms with Crippen LogP contribution in [0.4, 0.5) is 0 Å². The predicted molar refractivity (Wildman–Crippen MR) is 62.1 cm³/mol. The van der Waals surface area contributed by atoms with E-state index in [1.807, 2.05) is 20.8 Å². The van der Waals surface area contributed by atoms with Gasteiger partial charge in [0.1, 0.15) is 0 Å². The lowest BCUT2D eigenvalue weighted by molar-refractivity contribution is -0.112. The van der Waals surface area contributed by atoms with Crippen LogP contribution in [0.15, 0.2) is 47.6 Å². The summed E-state index contributed by atoms with van der Waals surface area (Å²) in [6, 6.07) is 0. The quantitative estimate of drug-likeness (QED) is 0.489. The number of ketones is 1. The zero-order valence-corrected chi connectivity index (χ0v) is 9.48. The first kappa shape index (κ1) is 12.6. The van der Waals surface area contributed by atoms with E-state index in [1.54, 1.807) is 12.2 Å². The third kappa shape index (κ3) is 3.56. The molecule has 0 radical (unpaired) electrons. The van der Waals surface area contributed by atoms with Crippen molar-refractivity contribution in [2.75, 3.05) is 0 Å². The zero-order valence-electron chi connectivity index (χ0n) is 9.48. The van der Waals surface area contributed by atoms with Gasteiger partial charge in [-0.1, -0.05) is 19.2 Å². The van der Waals surface area contributed by atoms with E-state index in [2.05, 4.69) is 13.2 Å². The van der Waals surface area contributed by atoms with Gasteiger partial charge in [-0.15, -0.1) is 0 Å². The molecular weight excluding hydrogens is 172 g/mol. The lowest BCUT2D eigenvalue weighted by Gasteiger charge is -2.08. The smallest absolute Gasteiger partial charge is 0.152 e. The van der Waals surface area contributed by atoms with Crippen molar-refractivity contribution in [3.8, 4) is 0 Å². The lowest BCUT2D eigenvalue weighted by Crippen LogP contribution is -1.92. The molecule has 0 spiro atoms. The Balaban J connectivity index is 4.99. The number of carbonyl (C=O) groups is 1. The van der Waals surface area contributed by atoms with E-state index >= 15 is 0 Å². The molecule has 1 nitrogen and oxygen atoms in total. The molecule has 0 aliphatic heterocycles. The van der Waals surface area contributed by atoms with Crippen molar-refractivity contribution in [2.24, 2.45) is 0 Å². The highest BCUT2D eigenvalue weighted by molar-refractivity contribution is 5.88. The molecule has 0 rings (SSSR count). The molecule has 0 bridgehead atoms. The molecule has 0 aromatic rings. The van der Waals surface area contributed by atoms with Crippen molar-refractivity contribution in [1.82, 2.24) is 0 Å². The first-order chi connectivity index (χ1) is 6.40. The van der Waals surface area contributed by atoms with E-state index in [9.17, 15) is 4.79 Å². The van der Waals surface area contributed by atoms with Gasteiger partial charge in [-0.2, -0.15) is 0 Å². The van der Waals surface area contributed by atoms with E-state index < -0.39 is 0 Å². The van der Waals surface area contributed by atoms with Crippen molar-refractivity contribution in [3.05, 3.63) is 47.6 Å². The maximum Gasteiger partial charge on any atom is 0.152 e. The molecule has 1 heteroatoms. The Morgan fingerprint density at radius 2 is 1.64 bits per heavy atom. The molecule has 0 unspecified atom stereocenters. The number of carbonyl (C=O) groups excluding carboxylic acids is 1. The van der Waals surface area contributed by atoms with Gasteiger partial charge in [0.15, 0.2) is 5.78 Å². The molecule has 0 amide bonds. The van der Waals surface area contributed by atoms with Crippen LogP contribution in [0.3, 0.4) is 0 Å². The first-order valence-corrected chi connectivity index (χ1v) is 4.58. The van der Waals surface area contributed by atoms with E-state index in [-0.39, 0.29) is 5.78 Å². The van der Waals surface area contributed by atoms with Gasteiger partial charge in [0.2, 0.25) is 0 Å². The van der Waals surface area contributed by atoms with E-state index in [0.29, 0.717) is 0 Å². The summed E-state index contributed by atoms with van der Waals surface area (Å²) in [5.74, 6) is 0.0488. The standard InChI is InChI=1S/C13H18O/c1-7-9(2)12(5)13(6)10(3)8-11(4)14/h7-8H,1,6H2,2-5H3/b10-8-,12-9-. The number of rotatable bonds is 4. The van der Waals surface area contributed by atoms with Crippen LogP contribution in [0.2, 0.25) is 0 Å². The first-order valence-electron chi connectivity index (χ1n) is 4.58. The SMILES string of the molecule is C=C/C(C)=C(/C)C(=C)/C(C)=C\C(C)=O. The summed E-state index contributed by atoms with van der Waals surface area (Å²) in [6.45, 7) is 15.0. The summed E-state index contributed by atoms with van der Waals surface area (Å²) in [6.07, 6.45) is 3.39. The largest absolute Gasteiger partial charge is 0.295 e. The third-order valence-corrected chi connectivity index (χ3v) is 2.25. The lowest BCUT2D eigenvalue weighted by atomic mass is 9.97. The Morgan fingerprint density at radius 1 is 1.14 bits per heavy atom. The van der Waals surface area contributed by atoms with Crippen LogP contribution in [0.1, 0.15) is 27.7 Å². The van der Waals surface area contributed by atoms with E-state index in [1.165, 1.54) is 6.92 Å². The Morgan fingerprint density at radius 3 is 2.00 bits per heavy atom. The van der Waals surface area contributed by atoms with Gasteiger partial charge in [-0.25, -0.2) is 0 Å². The molecule has 0 saturated heterocycles. The highest BCUT2D eigenvalue weighted by atomic mass is 16.1. The second-order valence-corrected chi connectivity index (χ2v) is 3.43. The molecule has 0 aliphatic carbocycles. The molecular formula is C13H18O. The fourth-order valence-electron chi connectivity index (χ4n) is 1.08. The number of allylic oxidation sites excluding steroid dienone is 6. The van der Waals surface area contributed by atoms with Gasteiger partial charge in [0, 0.05) is 0 Å². The minimum absolute atomic E-state index is 0.0488. The Hall–Kier alpha value is -1.37. The molecule has 14 heavy (non-hydrogen) atoms. The van der Waals surface area contributed by atoms with Gasteiger partial charge < -0.3 is 0 Å². The molecule has 0 aromatic heterocycles. The average molecular weight is 190 g/mol. The summed E-state index contributed by atoms with van der Waals surface area (Å²) in [7, 11) is 0. The summed E-state index contributed by atoms with van der Waals surface area (Å²) in [4.78, 5) is 10.9. The van der Waals surface area contributed by atoms with Crippen LogP contribution in [0.5, 0.6) is 0 Å². The highest BCUT2D eigenvalue weighted by Gasteiger charge is 2.02. The molecule has 0 aromatic carbocycles. The number of hydrogen-bond donors (Lipinski definition) is 0. The molecule has 0 fully saturated rings. The Kier molecular flexibility index (Phi) is 4.85. The van der Waals surface area contributed by atoms with Crippen molar-refractivity contribution >= 4 is 5.78 Å². The van der Waals surface area contributed by atoms with Crippen LogP contribution in [0, 0.1) is 0 Å². The summed E-state index contributed by atoms with van der Waals surface area (Å²) >= 11 is 0. The normalized spacial score (nSPS) is 13.3. The van der Waals surface area contributed by atoms with Crippen LogP contribution < -0.4 is 0 Å². The molecule has 0 N–H and O–H groups in total. The molecule has 0 aliphatic rings. The van der Waals surface area contributed by atoms with Crippen LogP contribution in [0.25, 0.3) is 0 Å². The van der Waals surface area contributed by atoms with Crippen LogP contribution in [-0.4, -0.2) is 5.78 Å². The van der Waals surface area contributed by atoms with Crippen molar-refractivity contribution in [2.45, 2.75) is 27.7 Å². The fourth-order valence-corrected chi connectivity index (χ4v) is 1.08. The van der Waals surface area contributed by atoms with E-state index in [4.69, 9.17) is 0 Å². The minimum atomic E-state index is 0.0488. The Bertz CT molecular complexity index is 327. The van der Waals surface area contributed by atoms with Gasteiger partial charge in [-0.3, -0.25) is 4.79 Å². The second-order valence-electron chi connectivity index (χ2n) is 3.43. The molecule has 0 atom stereocenters. The topological polar surface area (TPSA) is 17.1 Å². The maximum absolute atomic E-state index is 10.9. The zero-order chi connectivity index (χ0) is 11.3. The number of hydrogen-bond acceptors (Lipinski definition) is 1. The van der Waals surface area contributed by atoms with Gasteiger partial charge in [0.05, 0.1) is 0 Å². The Labute approximate surface area is 86.5 Å². The predicted octanol–water partition coefficient (Wildman–Crippen LogP) is 3.60. The van der Waals surface area contributed by atoms with Crippen LogP contribution in [-0.2, 0) is 4.79 Å². The maximum atomic E-state index is 10.9. The minimum Gasteiger partial charge on any atom is -0.295 e. The van der Waals surface area contributed by atoms with E-state index in [0.717, 1.165) is 22.3 Å². The molecule has 76 valence electrons. The van der Waals surface area contributed by atoms with Gasteiger partial charge >= 0.3 is 0 Å². The average Bonchev–Trinajstić information content (AvgIpc) is 2.13. The third-order valence-electron chi connectivity index (χ3n) is 2.25. The monoisotopic (exact) mass is 190 g/mol. The van der Waals surface area contributed by atoms with Gasteiger partial charge in [-0.05, 0) is 56.1 Å². The van der Waals surface area contributed by atoms with Crippen molar-refractivity contribution in [1.29, 1.82) is 0 Å². The second kappa shape index (κ2) is 5.38. The fraction of sp³-hybridized carbons (Fsp3) is 0.308. The summed E-state index contributed by atoms with van der Waals surface area (Å²) in [5.41, 5.74) is 3.98. The highest BCUT2D eigenvalue weighted by Crippen LogP contribution is 2.20. The van der Waals surface area contributed by atoms with Crippen LogP contribution >= 0.6 is 0 Å². The van der Waals surface area contributed by atoms with Crippen molar-refractivity contribution < 1.29 is 4.79 Å². The summed E-state index contributed by atoms with van der Waals surface area (Å²) < 4.78 is 0. The van der Waals surface area contributed by atoms with Crippen molar-refractivity contribution in [3.63, 3.8) is 0 Å². The summed E-state index contributed by atoms with van der Waals surface area (Å²) in [5, 5.41) is 0.